The molecule has 1 aliphatic carbocycles. The maximum Gasteiger partial charge on any atom is 0.259 e. The van der Waals surface area contributed by atoms with Crippen LogP contribution in [0.1, 0.15) is 59.2 Å². The number of phenols is 1. The molecule has 4 rings (SSSR count). The Morgan fingerprint density at radius 2 is 1.75 bits per heavy atom. The highest BCUT2D eigenvalue weighted by atomic mass is 16.3. The van der Waals surface area contributed by atoms with Crippen LogP contribution >= 0.6 is 0 Å². The van der Waals surface area contributed by atoms with E-state index in [4.69, 9.17) is 0 Å². The fraction of sp³-hybridized carbons (Fsp3) is 0.391. The van der Waals surface area contributed by atoms with Crippen LogP contribution in [0.5, 0.6) is 5.75 Å². The van der Waals surface area contributed by atoms with Gasteiger partial charge in [0.1, 0.15) is 5.75 Å². The van der Waals surface area contributed by atoms with Crippen molar-refractivity contribution in [2.75, 3.05) is 11.9 Å². The highest BCUT2D eigenvalue weighted by Gasteiger charge is 2.19. The summed E-state index contributed by atoms with van der Waals surface area (Å²) in [5, 5.41) is 13.2. The van der Waals surface area contributed by atoms with Crippen molar-refractivity contribution < 1.29 is 14.7 Å². The number of phenolic OH excluding ortho intramolecular Hbond substituents is 1. The molecule has 1 heterocycles. The fourth-order valence-corrected chi connectivity index (χ4v) is 4.15. The second-order valence-corrected chi connectivity index (χ2v) is 7.77. The molecule has 2 aromatic rings. The highest BCUT2D eigenvalue weighted by molar-refractivity contribution is 6.06. The van der Waals surface area contributed by atoms with Crippen molar-refractivity contribution in [3.05, 3.63) is 58.7 Å². The Labute approximate surface area is 165 Å². The Hall–Kier alpha value is -2.82. The third-order valence-corrected chi connectivity index (χ3v) is 5.68. The molecule has 0 bridgehead atoms. The lowest BCUT2D eigenvalue weighted by Crippen LogP contribution is -2.34. The minimum absolute atomic E-state index is 0.0354. The molecule has 0 aromatic heterocycles. The summed E-state index contributed by atoms with van der Waals surface area (Å²) in [7, 11) is 0. The summed E-state index contributed by atoms with van der Waals surface area (Å²) in [5.74, 6) is -0.0787. The first-order chi connectivity index (χ1) is 13.6. The van der Waals surface area contributed by atoms with Crippen LogP contribution in [-0.4, -0.2) is 28.4 Å². The number of nitrogens with zero attached hydrogens (tertiary/aromatic N) is 1. The van der Waals surface area contributed by atoms with Crippen molar-refractivity contribution in [3.8, 4) is 5.75 Å². The van der Waals surface area contributed by atoms with Gasteiger partial charge in [-0.15, -0.1) is 0 Å². The maximum atomic E-state index is 12.7. The van der Waals surface area contributed by atoms with Gasteiger partial charge in [0.2, 0.25) is 5.91 Å². The summed E-state index contributed by atoms with van der Waals surface area (Å²) in [5.41, 5.74) is 4.28. The minimum atomic E-state index is -0.308. The van der Waals surface area contributed by atoms with E-state index in [-0.39, 0.29) is 17.6 Å². The zero-order valence-corrected chi connectivity index (χ0v) is 16.0. The molecule has 0 spiro atoms. The van der Waals surface area contributed by atoms with Crippen LogP contribution < -0.4 is 5.32 Å². The monoisotopic (exact) mass is 378 g/mol. The van der Waals surface area contributed by atoms with Gasteiger partial charge in [0.25, 0.3) is 5.91 Å². The number of likely N-dealkylation sites (tertiary alicyclic amines) is 1. The first-order valence-electron chi connectivity index (χ1n) is 10.1. The molecule has 2 aliphatic rings. The lowest BCUT2D eigenvalue weighted by Gasteiger charge is -2.26. The second kappa shape index (κ2) is 8.05. The molecule has 5 heteroatoms. The van der Waals surface area contributed by atoms with Crippen LogP contribution in [0.15, 0.2) is 36.4 Å². The lowest BCUT2D eigenvalue weighted by molar-refractivity contribution is -0.133. The number of anilines is 1. The third-order valence-electron chi connectivity index (χ3n) is 5.68. The van der Waals surface area contributed by atoms with E-state index < -0.39 is 0 Å². The Bertz CT molecular complexity index is 907. The number of amides is 2. The number of rotatable bonds is 4. The van der Waals surface area contributed by atoms with Gasteiger partial charge in [0.15, 0.2) is 0 Å². The van der Waals surface area contributed by atoms with Crippen LogP contribution in [0.2, 0.25) is 0 Å². The van der Waals surface area contributed by atoms with Gasteiger partial charge in [-0.2, -0.15) is 0 Å². The normalized spacial score (nSPS) is 16.6. The SMILES string of the molecule is O=C(Nc1cccc(CN2CCCCC2=O)c1)c1cc2c(cc1O)CCCC2. The van der Waals surface area contributed by atoms with Gasteiger partial charge in [0, 0.05) is 25.2 Å². The summed E-state index contributed by atoms with van der Waals surface area (Å²) >= 11 is 0. The topological polar surface area (TPSA) is 69.6 Å². The molecule has 1 aliphatic heterocycles. The maximum absolute atomic E-state index is 12.7. The van der Waals surface area contributed by atoms with E-state index in [0.29, 0.717) is 24.2 Å². The van der Waals surface area contributed by atoms with Gasteiger partial charge < -0.3 is 15.3 Å². The molecule has 2 N–H and O–H groups in total. The first kappa shape index (κ1) is 18.5. The van der Waals surface area contributed by atoms with Crippen molar-refractivity contribution in [2.24, 2.45) is 0 Å². The van der Waals surface area contributed by atoms with Crippen LogP contribution in [0.4, 0.5) is 5.69 Å². The van der Waals surface area contributed by atoms with E-state index in [1.165, 1.54) is 0 Å². The number of piperidine rings is 1. The molecular formula is C23H26N2O3. The average molecular weight is 378 g/mol. The van der Waals surface area contributed by atoms with Crippen molar-refractivity contribution in [3.63, 3.8) is 0 Å². The van der Waals surface area contributed by atoms with Gasteiger partial charge in [-0.1, -0.05) is 12.1 Å². The number of benzene rings is 2. The summed E-state index contributed by atoms with van der Waals surface area (Å²) < 4.78 is 0. The Balaban J connectivity index is 1.48. The molecule has 2 amide bonds. The number of hydrogen-bond acceptors (Lipinski definition) is 3. The van der Waals surface area contributed by atoms with Crippen LogP contribution in [0, 0.1) is 0 Å². The molecule has 0 radical (unpaired) electrons. The molecule has 1 saturated heterocycles. The van der Waals surface area contributed by atoms with Gasteiger partial charge in [0.05, 0.1) is 5.56 Å². The van der Waals surface area contributed by atoms with Gasteiger partial charge in [-0.3, -0.25) is 9.59 Å². The molecule has 0 atom stereocenters. The minimum Gasteiger partial charge on any atom is -0.507 e. The Morgan fingerprint density at radius 3 is 2.54 bits per heavy atom. The smallest absolute Gasteiger partial charge is 0.259 e. The number of aromatic hydroxyl groups is 1. The summed E-state index contributed by atoms with van der Waals surface area (Å²) in [6, 6.07) is 11.1. The molecule has 2 aromatic carbocycles. The van der Waals surface area contributed by atoms with E-state index in [1.54, 1.807) is 6.07 Å². The lowest BCUT2D eigenvalue weighted by atomic mass is 9.90. The quantitative estimate of drug-likeness (QED) is 0.844. The highest BCUT2D eigenvalue weighted by Crippen LogP contribution is 2.29. The second-order valence-electron chi connectivity index (χ2n) is 7.77. The zero-order chi connectivity index (χ0) is 19.5. The van der Waals surface area contributed by atoms with Gasteiger partial charge >= 0.3 is 0 Å². The van der Waals surface area contributed by atoms with Crippen molar-refractivity contribution in [1.29, 1.82) is 0 Å². The van der Waals surface area contributed by atoms with E-state index in [9.17, 15) is 14.7 Å². The third kappa shape index (κ3) is 4.03. The predicted molar refractivity (Wildman–Crippen MR) is 108 cm³/mol. The fourth-order valence-electron chi connectivity index (χ4n) is 4.15. The number of hydrogen-bond donors (Lipinski definition) is 2. The van der Waals surface area contributed by atoms with Crippen molar-refractivity contribution in [1.82, 2.24) is 4.90 Å². The molecule has 0 unspecified atom stereocenters. The largest absolute Gasteiger partial charge is 0.507 e. The Morgan fingerprint density at radius 1 is 1.00 bits per heavy atom. The van der Waals surface area contributed by atoms with Gasteiger partial charge in [-0.25, -0.2) is 0 Å². The number of nitrogens with one attached hydrogen (secondary N) is 1. The van der Waals surface area contributed by atoms with Crippen LogP contribution in [0.3, 0.4) is 0 Å². The molecule has 146 valence electrons. The van der Waals surface area contributed by atoms with Crippen molar-refractivity contribution >= 4 is 17.5 Å². The van der Waals surface area contributed by atoms with E-state index >= 15 is 0 Å². The first-order valence-corrected chi connectivity index (χ1v) is 10.1. The predicted octanol–water partition coefficient (Wildman–Crippen LogP) is 4.04. The molecule has 5 nitrogen and oxygen atoms in total. The van der Waals surface area contributed by atoms with Crippen LogP contribution in [-0.2, 0) is 24.2 Å². The zero-order valence-electron chi connectivity index (χ0n) is 16.0. The summed E-state index contributed by atoms with van der Waals surface area (Å²) in [6.07, 6.45) is 6.79. The molecular weight excluding hydrogens is 352 g/mol. The number of carbonyl (C=O) groups excluding carboxylic acids is 2. The van der Waals surface area contributed by atoms with E-state index in [0.717, 1.165) is 61.8 Å². The van der Waals surface area contributed by atoms with Crippen molar-refractivity contribution in [2.45, 2.75) is 51.5 Å². The Kier molecular flexibility index (Phi) is 5.33. The number of aryl methyl sites for hydroxylation is 2. The molecule has 28 heavy (non-hydrogen) atoms. The average Bonchev–Trinajstić information content (AvgIpc) is 2.69. The van der Waals surface area contributed by atoms with Gasteiger partial charge in [-0.05, 0) is 79.5 Å². The standard InChI is InChI=1S/C23H26N2O3/c26-21-14-18-8-2-1-7-17(18)13-20(21)23(28)24-19-9-5-6-16(12-19)15-25-11-4-3-10-22(25)27/h5-6,9,12-14,26H,1-4,7-8,10-11,15H2,(H,24,28). The molecule has 1 fully saturated rings. The number of carbonyl (C=O) groups is 2. The van der Waals surface area contributed by atoms with E-state index in [1.807, 2.05) is 35.2 Å². The molecule has 0 saturated carbocycles. The van der Waals surface area contributed by atoms with E-state index in [2.05, 4.69) is 5.32 Å². The summed E-state index contributed by atoms with van der Waals surface area (Å²) in [4.78, 5) is 26.6. The van der Waals surface area contributed by atoms with Crippen LogP contribution in [0.25, 0.3) is 0 Å². The number of fused-ring (bicyclic) bond motifs is 1. The summed E-state index contributed by atoms with van der Waals surface area (Å²) in [6.45, 7) is 1.35.